The molecule has 9 heteroatoms. The molecule has 1 fully saturated rings. The highest BCUT2D eigenvalue weighted by Crippen LogP contribution is 2.30. The number of rotatable bonds is 9. The van der Waals surface area contributed by atoms with Crippen molar-refractivity contribution in [2.45, 2.75) is 31.8 Å². The molecule has 0 spiro atoms. The molecule has 38 heavy (non-hydrogen) atoms. The number of benzene rings is 3. The van der Waals surface area contributed by atoms with Crippen LogP contribution in [0.1, 0.15) is 34.3 Å². The van der Waals surface area contributed by atoms with Gasteiger partial charge in [0.25, 0.3) is 5.91 Å². The van der Waals surface area contributed by atoms with Gasteiger partial charge in [-0.2, -0.15) is 0 Å². The van der Waals surface area contributed by atoms with E-state index in [1.165, 1.54) is 0 Å². The lowest BCUT2D eigenvalue weighted by Gasteiger charge is -2.28. The quantitative estimate of drug-likeness (QED) is 0.218. The molecule has 0 saturated heterocycles. The Hall–Kier alpha value is -2.70. The molecule has 0 atom stereocenters. The molecule has 5 rings (SSSR count). The van der Waals surface area contributed by atoms with E-state index in [4.69, 9.17) is 46.4 Å². The van der Waals surface area contributed by atoms with E-state index in [9.17, 15) is 9.59 Å². The lowest BCUT2D eigenvalue weighted by molar-refractivity contribution is -0.132. The summed E-state index contributed by atoms with van der Waals surface area (Å²) < 4.78 is 0. The normalized spacial score (nSPS) is 13.1. The van der Waals surface area contributed by atoms with Crippen molar-refractivity contribution in [1.29, 1.82) is 0 Å². The molecule has 4 aromatic rings. The minimum Gasteiger partial charge on any atom is -0.361 e. The second-order valence-electron chi connectivity index (χ2n) is 9.47. The number of para-hydroxylation sites is 1. The topological polar surface area (TPSA) is 56.4 Å². The summed E-state index contributed by atoms with van der Waals surface area (Å²) in [6.07, 6.45) is 4.36. The number of carbonyl (C=O) groups is 2. The maximum atomic E-state index is 13.7. The zero-order valence-corrected chi connectivity index (χ0v) is 23.4. The lowest BCUT2D eigenvalue weighted by atomic mass is 10.1. The van der Waals surface area contributed by atoms with Crippen LogP contribution in [0, 0.1) is 0 Å². The Bertz CT molecular complexity index is 1500. The number of aromatic nitrogens is 1. The van der Waals surface area contributed by atoms with Crippen LogP contribution in [-0.4, -0.2) is 45.7 Å². The smallest absolute Gasteiger partial charge is 0.254 e. The number of hydrogen-bond acceptors (Lipinski definition) is 2. The lowest BCUT2D eigenvalue weighted by Crippen LogP contribution is -2.44. The second-order valence-corrected chi connectivity index (χ2v) is 11.1. The van der Waals surface area contributed by atoms with Gasteiger partial charge in [-0.15, -0.1) is 0 Å². The third-order valence-electron chi connectivity index (χ3n) is 6.76. The van der Waals surface area contributed by atoms with Crippen LogP contribution in [0.15, 0.2) is 66.9 Å². The van der Waals surface area contributed by atoms with Crippen molar-refractivity contribution in [2.75, 3.05) is 13.1 Å². The molecule has 1 aliphatic carbocycles. The molecule has 0 bridgehead atoms. The number of halogens is 4. The van der Waals surface area contributed by atoms with Crippen LogP contribution in [0.3, 0.4) is 0 Å². The molecule has 1 heterocycles. The Morgan fingerprint density at radius 3 is 2.29 bits per heavy atom. The van der Waals surface area contributed by atoms with Crippen molar-refractivity contribution in [3.63, 3.8) is 0 Å². The second kappa shape index (κ2) is 11.6. The first kappa shape index (κ1) is 26.9. The summed E-state index contributed by atoms with van der Waals surface area (Å²) >= 11 is 24.6. The van der Waals surface area contributed by atoms with Gasteiger partial charge in [0, 0.05) is 41.8 Å². The summed E-state index contributed by atoms with van der Waals surface area (Å²) in [6.45, 7) is 0.789. The van der Waals surface area contributed by atoms with E-state index in [1.54, 1.807) is 40.1 Å². The van der Waals surface area contributed by atoms with E-state index in [0.717, 1.165) is 34.9 Å². The first-order valence-electron chi connectivity index (χ1n) is 12.3. The SMILES string of the molecule is O=C(CN(C(=O)c1ccc(Cl)c(Cl)c1)C1CC1)N(CCc1c[nH]c2ccccc12)Cc1ccc(Cl)c(Cl)c1. The third kappa shape index (κ3) is 6.13. The highest BCUT2D eigenvalue weighted by molar-refractivity contribution is 6.42. The van der Waals surface area contributed by atoms with Crippen LogP contribution in [0.2, 0.25) is 20.1 Å². The number of fused-ring (bicyclic) bond motifs is 1. The average Bonchev–Trinajstić information content (AvgIpc) is 3.67. The molecule has 196 valence electrons. The number of hydrogen-bond donors (Lipinski definition) is 1. The van der Waals surface area contributed by atoms with Gasteiger partial charge in [0.05, 0.1) is 20.1 Å². The monoisotopic (exact) mass is 587 g/mol. The predicted octanol–water partition coefficient (Wildman–Crippen LogP) is 7.66. The molecule has 2 amide bonds. The van der Waals surface area contributed by atoms with E-state index in [1.807, 2.05) is 30.5 Å². The van der Waals surface area contributed by atoms with E-state index >= 15 is 0 Å². The van der Waals surface area contributed by atoms with Gasteiger partial charge >= 0.3 is 0 Å². The van der Waals surface area contributed by atoms with Crippen molar-refractivity contribution in [2.24, 2.45) is 0 Å². The highest BCUT2D eigenvalue weighted by atomic mass is 35.5. The highest BCUT2D eigenvalue weighted by Gasteiger charge is 2.35. The van der Waals surface area contributed by atoms with Crippen LogP contribution >= 0.6 is 46.4 Å². The van der Waals surface area contributed by atoms with Crippen LogP contribution in [-0.2, 0) is 17.8 Å². The molecule has 1 aliphatic rings. The maximum Gasteiger partial charge on any atom is 0.254 e. The Balaban J connectivity index is 1.37. The molecule has 1 saturated carbocycles. The van der Waals surface area contributed by atoms with Gasteiger partial charge in [0.2, 0.25) is 5.91 Å². The molecule has 5 nitrogen and oxygen atoms in total. The summed E-state index contributed by atoms with van der Waals surface area (Å²) in [5.41, 5.74) is 3.45. The van der Waals surface area contributed by atoms with Crippen molar-refractivity contribution >= 4 is 69.1 Å². The standard InChI is InChI=1S/C29H25Cl4N3O2/c30-23-9-5-18(13-25(23)32)16-35(12-11-20-15-34-27-4-2-1-3-22(20)27)28(37)17-36(21-7-8-21)29(38)19-6-10-24(31)26(33)14-19/h1-6,9-10,13-15,21,34H,7-8,11-12,16-17H2. The van der Waals surface area contributed by atoms with Gasteiger partial charge in [0.1, 0.15) is 6.54 Å². The largest absolute Gasteiger partial charge is 0.361 e. The molecular weight excluding hydrogens is 564 g/mol. The molecule has 1 N–H and O–H groups in total. The fourth-order valence-electron chi connectivity index (χ4n) is 4.54. The third-order valence-corrected chi connectivity index (χ3v) is 8.23. The van der Waals surface area contributed by atoms with Crippen molar-refractivity contribution in [3.8, 4) is 0 Å². The summed E-state index contributed by atoms with van der Waals surface area (Å²) in [6, 6.07) is 18.3. The Morgan fingerprint density at radius 2 is 1.58 bits per heavy atom. The first-order valence-corrected chi connectivity index (χ1v) is 13.8. The first-order chi connectivity index (χ1) is 18.3. The molecule has 0 radical (unpaired) electrons. The van der Waals surface area contributed by atoms with E-state index in [2.05, 4.69) is 11.1 Å². The Labute approximate surface area is 241 Å². The molecule has 1 aromatic heterocycles. The molecule has 0 unspecified atom stereocenters. The van der Waals surface area contributed by atoms with Crippen molar-refractivity contribution in [1.82, 2.24) is 14.8 Å². The Morgan fingerprint density at radius 1 is 0.868 bits per heavy atom. The minimum absolute atomic E-state index is 0.0288. The van der Waals surface area contributed by atoms with Crippen molar-refractivity contribution < 1.29 is 9.59 Å². The zero-order valence-electron chi connectivity index (χ0n) is 20.4. The maximum absolute atomic E-state index is 13.7. The van der Waals surface area contributed by atoms with Gasteiger partial charge in [-0.05, 0) is 66.8 Å². The number of nitrogens with zero attached hydrogens (tertiary/aromatic N) is 2. The van der Waals surface area contributed by atoms with Crippen LogP contribution in [0.25, 0.3) is 10.9 Å². The summed E-state index contributed by atoms with van der Waals surface area (Å²) in [4.78, 5) is 33.9. The van der Waals surface area contributed by atoms with Gasteiger partial charge in [-0.3, -0.25) is 9.59 Å². The summed E-state index contributed by atoms with van der Waals surface area (Å²) in [5, 5.41) is 2.70. The van der Waals surface area contributed by atoms with Crippen molar-refractivity contribution in [3.05, 3.63) is 104 Å². The fourth-order valence-corrected chi connectivity index (χ4v) is 5.16. The summed E-state index contributed by atoms with van der Waals surface area (Å²) in [7, 11) is 0. The number of nitrogens with one attached hydrogen (secondary N) is 1. The zero-order chi connectivity index (χ0) is 26.8. The van der Waals surface area contributed by atoms with Crippen LogP contribution < -0.4 is 0 Å². The number of aromatic amines is 1. The predicted molar refractivity (Wildman–Crippen MR) is 154 cm³/mol. The Kier molecular flexibility index (Phi) is 8.20. The number of amides is 2. The van der Waals surface area contributed by atoms with Gasteiger partial charge < -0.3 is 14.8 Å². The van der Waals surface area contributed by atoms with Gasteiger partial charge in [0.15, 0.2) is 0 Å². The van der Waals surface area contributed by atoms with E-state index in [-0.39, 0.29) is 24.4 Å². The summed E-state index contributed by atoms with van der Waals surface area (Å²) in [5.74, 6) is -0.373. The van der Waals surface area contributed by atoms with Crippen LogP contribution in [0.4, 0.5) is 0 Å². The van der Waals surface area contributed by atoms with E-state index < -0.39 is 0 Å². The average molecular weight is 589 g/mol. The van der Waals surface area contributed by atoms with Gasteiger partial charge in [-0.1, -0.05) is 70.7 Å². The molecule has 0 aliphatic heterocycles. The van der Waals surface area contributed by atoms with E-state index in [0.29, 0.717) is 45.2 Å². The molecular formula is C29H25Cl4N3O2. The van der Waals surface area contributed by atoms with Crippen LogP contribution in [0.5, 0.6) is 0 Å². The van der Waals surface area contributed by atoms with Gasteiger partial charge in [-0.25, -0.2) is 0 Å². The number of carbonyl (C=O) groups excluding carboxylic acids is 2. The minimum atomic E-state index is -0.231. The fraction of sp³-hybridized carbons (Fsp3) is 0.241. The number of H-pyrrole nitrogens is 1. The molecule has 3 aromatic carbocycles.